The van der Waals surface area contributed by atoms with Gasteiger partial charge in [-0.05, 0) is 35.8 Å². The van der Waals surface area contributed by atoms with Crippen LogP contribution < -0.4 is 0 Å². The highest BCUT2D eigenvalue weighted by molar-refractivity contribution is 5.28. The van der Waals surface area contributed by atoms with E-state index in [2.05, 4.69) is 45.0 Å². The quantitative estimate of drug-likeness (QED) is 0.884. The lowest BCUT2D eigenvalue weighted by atomic mass is 9.84. The SMILES string of the molecule is CC(C)(C)c1ccc(CC2(O)CCCOCC2)cc1. The highest BCUT2D eigenvalue weighted by Crippen LogP contribution is 2.27. The first-order valence-electron chi connectivity index (χ1n) is 7.29. The van der Waals surface area contributed by atoms with Gasteiger partial charge in [-0.25, -0.2) is 0 Å². The van der Waals surface area contributed by atoms with Crippen molar-refractivity contribution in [3.05, 3.63) is 35.4 Å². The summed E-state index contributed by atoms with van der Waals surface area (Å²) in [5.41, 5.74) is 2.16. The Balaban J connectivity index is 2.06. The number of benzene rings is 1. The first-order valence-corrected chi connectivity index (χ1v) is 7.29. The van der Waals surface area contributed by atoms with Crippen molar-refractivity contribution in [2.75, 3.05) is 13.2 Å². The van der Waals surface area contributed by atoms with Gasteiger partial charge in [-0.1, -0.05) is 45.0 Å². The molecular formula is C17H26O2. The topological polar surface area (TPSA) is 29.5 Å². The summed E-state index contributed by atoms with van der Waals surface area (Å²) in [5, 5.41) is 10.7. The third-order valence-corrected chi connectivity index (χ3v) is 4.00. The Morgan fingerprint density at radius 1 is 1.11 bits per heavy atom. The van der Waals surface area contributed by atoms with Crippen LogP contribution >= 0.6 is 0 Å². The summed E-state index contributed by atoms with van der Waals surface area (Å²) in [6.45, 7) is 8.12. The van der Waals surface area contributed by atoms with E-state index in [0.29, 0.717) is 6.61 Å². The highest BCUT2D eigenvalue weighted by Gasteiger charge is 2.28. The molecule has 1 aromatic carbocycles. The number of rotatable bonds is 2. The molecule has 0 aromatic heterocycles. The molecule has 19 heavy (non-hydrogen) atoms. The largest absolute Gasteiger partial charge is 0.389 e. The molecule has 1 aromatic rings. The molecule has 2 heteroatoms. The molecule has 0 aliphatic carbocycles. The Morgan fingerprint density at radius 3 is 2.42 bits per heavy atom. The van der Waals surface area contributed by atoms with Gasteiger partial charge in [0.1, 0.15) is 0 Å². The van der Waals surface area contributed by atoms with E-state index in [1.54, 1.807) is 0 Å². The number of aliphatic hydroxyl groups is 1. The zero-order valence-corrected chi connectivity index (χ0v) is 12.4. The van der Waals surface area contributed by atoms with Crippen LogP contribution in [0.3, 0.4) is 0 Å². The Hall–Kier alpha value is -0.860. The zero-order valence-electron chi connectivity index (χ0n) is 12.4. The molecule has 1 atom stereocenters. The van der Waals surface area contributed by atoms with Gasteiger partial charge in [0, 0.05) is 19.6 Å². The third kappa shape index (κ3) is 4.05. The zero-order chi connectivity index (χ0) is 13.9. The van der Waals surface area contributed by atoms with Crippen LogP contribution in [0.1, 0.15) is 51.2 Å². The van der Waals surface area contributed by atoms with Crippen molar-refractivity contribution in [1.82, 2.24) is 0 Å². The molecule has 0 spiro atoms. The van der Waals surface area contributed by atoms with Gasteiger partial charge in [0.2, 0.25) is 0 Å². The predicted molar refractivity (Wildman–Crippen MR) is 78.5 cm³/mol. The minimum absolute atomic E-state index is 0.186. The Morgan fingerprint density at radius 2 is 1.79 bits per heavy atom. The van der Waals surface area contributed by atoms with Crippen molar-refractivity contribution in [3.8, 4) is 0 Å². The number of ether oxygens (including phenoxy) is 1. The summed E-state index contributed by atoms with van der Waals surface area (Å²) >= 11 is 0. The average molecular weight is 262 g/mol. The fourth-order valence-electron chi connectivity index (χ4n) is 2.67. The molecule has 1 saturated heterocycles. The second-order valence-corrected chi connectivity index (χ2v) is 6.81. The second-order valence-electron chi connectivity index (χ2n) is 6.81. The normalized spacial score (nSPS) is 25.1. The number of hydrogen-bond donors (Lipinski definition) is 1. The van der Waals surface area contributed by atoms with E-state index < -0.39 is 5.60 Å². The molecule has 0 amide bonds. The summed E-state index contributed by atoms with van der Waals surface area (Å²) in [6.07, 6.45) is 3.28. The molecule has 0 saturated carbocycles. The average Bonchev–Trinajstić information content (AvgIpc) is 2.53. The second kappa shape index (κ2) is 5.64. The molecule has 0 bridgehead atoms. The highest BCUT2D eigenvalue weighted by atomic mass is 16.5. The van der Waals surface area contributed by atoms with Crippen LogP contribution in [0, 0.1) is 0 Å². The van der Waals surface area contributed by atoms with Crippen LogP contribution in [0.25, 0.3) is 0 Å². The lowest BCUT2D eigenvalue weighted by Gasteiger charge is -2.26. The van der Waals surface area contributed by atoms with Crippen molar-refractivity contribution in [1.29, 1.82) is 0 Å². The maximum Gasteiger partial charge on any atom is 0.0710 e. The van der Waals surface area contributed by atoms with Gasteiger partial charge >= 0.3 is 0 Å². The summed E-state index contributed by atoms with van der Waals surface area (Å²) < 4.78 is 5.43. The van der Waals surface area contributed by atoms with Crippen molar-refractivity contribution in [3.63, 3.8) is 0 Å². The van der Waals surface area contributed by atoms with Crippen molar-refractivity contribution >= 4 is 0 Å². The van der Waals surface area contributed by atoms with Crippen molar-refractivity contribution < 1.29 is 9.84 Å². The molecule has 2 nitrogen and oxygen atoms in total. The summed E-state index contributed by atoms with van der Waals surface area (Å²) in [6, 6.07) is 8.69. The van der Waals surface area contributed by atoms with Crippen LogP contribution in [0.15, 0.2) is 24.3 Å². The minimum atomic E-state index is -0.584. The third-order valence-electron chi connectivity index (χ3n) is 4.00. The van der Waals surface area contributed by atoms with Crippen molar-refractivity contribution in [2.24, 2.45) is 0 Å². The van der Waals surface area contributed by atoms with E-state index in [0.717, 1.165) is 32.3 Å². The number of hydrogen-bond acceptors (Lipinski definition) is 2. The van der Waals surface area contributed by atoms with E-state index in [1.807, 2.05) is 0 Å². The first-order chi connectivity index (χ1) is 8.89. The Labute approximate surface area is 116 Å². The Bertz CT molecular complexity index is 392. The van der Waals surface area contributed by atoms with Gasteiger partial charge in [0.15, 0.2) is 0 Å². The van der Waals surface area contributed by atoms with Crippen LogP contribution in [0.5, 0.6) is 0 Å². The minimum Gasteiger partial charge on any atom is -0.389 e. The molecular weight excluding hydrogens is 236 g/mol. The lowest BCUT2D eigenvalue weighted by molar-refractivity contribution is 0.0189. The molecule has 106 valence electrons. The van der Waals surface area contributed by atoms with E-state index in [-0.39, 0.29) is 5.41 Å². The van der Waals surface area contributed by atoms with Gasteiger partial charge in [0.05, 0.1) is 5.60 Å². The van der Waals surface area contributed by atoms with E-state index in [4.69, 9.17) is 4.74 Å². The maximum atomic E-state index is 10.7. The monoisotopic (exact) mass is 262 g/mol. The fourth-order valence-corrected chi connectivity index (χ4v) is 2.67. The van der Waals surface area contributed by atoms with Gasteiger partial charge in [-0.15, -0.1) is 0 Å². The molecule has 1 fully saturated rings. The molecule has 1 heterocycles. The Kier molecular flexibility index (Phi) is 4.32. The van der Waals surface area contributed by atoms with Gasteiger partial charge in [-0.3, -0.25) is 0 Å². The standard InChI is InChI=1S/C17H26O2/c1-16(2,3)15-7-5-14(6-8-15)13-17(18)9-4-11-19-12-10-17/h5-8,18H,4,9-13H2,1-3H3. The maximum absolute atomic E-state index is 10.7. The van der Waals surface area contributed by atoms with Crippen LogP contribution in [-0.2, 0) is 16.6 Å². The fraction of sp³-hybridized carbons (Fsp3) is 0.647. The summed E-state index contributed by atoms with van der Waals surface area (Å²) in [4.78, 5) is 0. The molecule has 1 N–H and O–H groups in total. The summed E-state index contributed by atoms with van der Waals surface area (Å²) in [7, 11) is 0. The molecule has 0 radical (unpaired) electrons. The first kappa shape index (κ1) is 14.5. The molecule has 1 aliphatic rings. The molecule has 1 unspecified atom stereocenters. The van der Waals surface area contributed by atoms with E-state index in [1.165, 1.54) is 11.1 Å². The van der Waals surface area contributed by atoms with Gasteiger partial charge in [-0.2, -0.15) is 0 Å². The van der Waals surface area contributed by atoms with Gasteiger partial charge < -0.3 is 9.84 Å². The van der Waals surface area contributed by atoms with Crippen molar-refractivity contribution in [2.45, 2.75) is 57.5 Å². The van der Waals surface area contributed by atoms with Crippen LogP contribution in [-0.4, -0.2) is 23.9 Å². The van der Waals surface area contributed by atoms with Crippen LogP contribution in [0.4, 0.5) is 0 Å². The van der Waals surface area contributed by atoms with Gasteiger partial charge in [0.25, 0.3) is 0 Å². The molecule has 1 aliphatic heterocycles. The van der Waals surface area contributed by atoms with Crippen LogP contribution in [0.2, 0.25) is 0 Å². The molecule has 2 rings (SSSR count). The predicted octanol–water partition coefficient (Wildman–Crippen LogP) is 3.46. The lowest BCUT2D eigenvalue weighted by Crippen LogP contribution is -2.31. The van der Waals surface area contributed by atoms with E-state index >= 15 is 0 Å². The smallest absolute Gasteiger partial charge is 0.0710 e. The summed E-state index contributed by atoms with van der Waals surface area (Å²) in [5.74, 6) is 0. The van der Waals surface area contributed by atoms with E-state index in [9.17, 15) is 5.11 Å².